The number of aryl methyl sites for hydroxylation is 1. The van der Waals surface area contributed by atoms with Crippen LogP contribution in [0.3, 0.4) is 0 Å². The third kappa shape index (κ3) is 13.2. The van der Waals surface area contributed by atoms with Gasteiger partial charge in [-0.3, -0.25) is 9.59 Å². The maximum atomic E-state index is 12.9. The van der Waals surface area contributed by atoms with E-state index < -0.39 is 0 Å². The van der Waals surface area contributed by atoms with Crippen LogP contribution in [0.15, 0.2) is 30.3 Å². The predicted octanol–water partition coefficient (Wildman–Crippen LogP) is 4.08. The topological polar surface area (TPSA) is 81.8 Å². The first kappa shape index (κ1) is 29.5. The first-order valence-corrected chi connectivity index (χ1v) is 12.5. The normalized spacial score (nSPS) is 12.1. The smallest absolute Gasteiger partial charge is 0.314 e. The Morgan fingerprint density at radius 2 is 1.56 bits per heavy atom. The molecule has 0 aliphatic rings. The van der Waals surface area contributed by atoms with Crippen molar-refractivity contribution in [3.63, 3.8) is 0 Å². The van der Waals surface area contributed by atoms with E-state index in [1.807, 2.05) is 44.4 Å². The molecule has 0 radical (unpaired) electrons. The van der Waals surface area contributed by atoms with E-state index in [1.165, 1.54) is 5.56 Å². The maximum absolute atomic E-state index is 12.9. The third-order valence-corrected chi connectivity index (χ3v) is 5.98. The Morgan fingerprint density at radius 1 is 0.941 bits per heavy atom. The zero-order chi connectivity index (χ0) is 25.6. The molecule has 0 fully saturated rings. The Kier molecular flexibility index (Phi) is 13.3. The minimum absolute atomic E-state index is 0.133. The van der Waals surface area contributed by atoms with Gasteiger partial charge in [-0.2, -0.15) is 0 Å². The Hall–Kier alpha value is -2.57. The number of hydrogen-bond donors (Lipinski definition) is 2. The Balaban J connectivity index is 2.39. The van der Waals surface area contributed by atoms with Gasteiger partial charge in [0.2, 0.25) is 11.8 Å². The van der Waals surface area contributed by atoms with E-state index in [0.717, 1.165) is 32.1 Å². The molecule has 0 aromatic heterocycles. The van der Waals surface area contributed by atoms with E-state index >= 15 is 0 Å². The van der Waals surface area contributed by atoms with Crippen LogP contribution in [-0.4, -0.2) is 68.4 Å². The number of carbonyl (C=O) groups excluding carboxylic acids is 3. The zero-order valence-electron chi connectivity index (χ0n) is 22.2. The zero-order valence-corrected chi connectivity index (χ0v) is 22.2. The molecule has 0 aliphatic heterocycles. The Morgan fingerprint density at radius 3 is 2.15 bits per heavy atom. The number of carbonyl (C=O) groups is 3. The van der Waals surface area contributed by atoms with Crippen LogP contribution in [0, 0.1) is 11.3 Å². The molecule has 1 unspecified atom stereocenters. The van der Waals surface area contributed by atoms with Crippen LogP contribution in [0.4, 0.5) is 4.79 Å². The number of rotatable bonds is 14. The van der Waals surface area contributed by atoms with Crippen molar-refractivity contribution in [3.05, 3.63) is 35.9 Å². The quantitative estimate of drug-likeness (QED) is 0.399. The summed E-state index contributed by atoms with van der Waals surface area (Å²) in [5.41, 5.74) is 1.31. The van der Waals surface area contributed by atoms with Gasteiger partial charge in [0, 0.05) is 53.6 Å². The van der Waals surface area contributed by atoms with E-state index in [2.05, 4.69) is 31.4 Å². The molecule has 192 valence electrons. The molecule has 1 aromatic rings. The van der Waals surface area contributed by atoms with Crippen molar-refractivity contribution in [2.45, 2.75) is 65.7 Å². The van der Waals surface area contributed by atoms with Gasteiger partial charge in [0.05, 0.1) is 0 Å². The van der Waals surface area contributed by atoms with Gasteiger partial charge in [0.25, 0.3) is 0 Å². The maximum Gasteiger partial charge on any atom is 0.314 e. The van der Waals surface area contributed by atoms with Gasteiger partial charge < -0.3 is 20.4 Å². The predicted molar refractivity (Wildman–Crippen MR) is 139 cm³/mol. The molecule has 0 bridgehead atoms. The molecule has 1 rings (SSSR count). The van der Waals surface area contributed by atoms with Crippen molar-refractivity contribution in [1.82, 2.24) is 20.4 Å². The van der Waals surface area contributed by atoms with Gasteiger partial charge in [-0.05, 0) is 49.0 Å². The van der Waals surface area contributed by atoms with Crippen LogP contribution in [-0.2, 0) is 16.0 Å². The highest BCUT2D eigenvalue weighted by Gasteiger charge is 2.22. The molecule has 0 saturated heterocycles. The van der Waals surface area contributed by atoms with Crippen LogP contribution in [0.1, 0.15) is 64.9 Å². The molecule has 7 heteroatoms. The first-order chi connectivity index (χ1) is 16.0. The van der Waals surface area contributed by atoms with Gasteiger partial charge in [0.1, 0.15) is 0 Å². The summed E-state index contributed by atoms with van der Waals surface area (Å²) >= 11 is 0. The SMILES string of the molecule is CNC(=O)NCCCC(CC(=O)N(C)CCCN(C)C(=O)CCc1ccccc1)CC(C)(C)C. The fraction of sp³-hybridized carbons (Fsp3) is 0.667. The Labute approximate surface area is 206 Å². The van der Waals surface area contributed by atoms with Crippen LogP contribution < -0.4 is 10.6 Å². The first-order valence-electron chi connectivity index (χ1n) is 12.5. The average molecular weight is 475 g/mol. The number of urea groups is 1. The summed E-state index contributed by atoms with van der Waals surface area (Å²) in [5, 5.41) is 5.37. The molecule has 7 nitrogen and oxygen atoms in total. The van der Waals surface area contributed by atoms with Gasteiger partial charge in [-0.25, -0.2) is 4.79 Å². The highest BCUT2D eigenvalue weighted by atomic mass is 16.2. The van der Waals surface area contributed by atoms with Crippen molar-refractivity contribution in [2.24, 2.45) is 11.3 Å². The van der Waals surface area contributed by atoms with Gasteiger partial charge in [0.15, 0.2) is 0 Å². The van der Waals surface area contributed by atoms with Crippen LogP contribution in [0.25, 0.3) is 0 Å². The second-order valence-electron chi connectivity index (χ2n) is 10.5. The number of benzene rings is 1. The van der Waals surface area contributed by atoms with Crippen LogP contribution >= 0.6 is 0 Å². The minimum Gasteiger partial charge on any atom is -0.346 e. The summed E-state index contributed by atoms with van der Waals surface area (Å²) in [6.45, 7) is 8.47. The highest BCUT2D eigenvalue weighted by molar-refractivity contribution is 5.76. The van der Waals surface area contributed by atoms with Gasteiger partial charge >= 0.3 is 6.03 Å². The Bertz CT molecular complexity index is 746. The number of amides is 4. The van der Waals surface area contributed by atoms with Crippen molar-refractivity contribution < 1.29 is 14.4 Å². The minimum atomic E-state index is -0.174. The lowest BCUT2D eigenvalue weighted by atomic mass is 9.81. The standard InChI is InChI=1S/C27H46N4O3/c1-27(2,3)21-23(14-10-17-29-26(34)28-4)20-25(33)31(6)19-11-18-30(5)24(32)16-15-22-12-8-7-9-13-22/h7-9,12-13,23H,10-11,14-21H2,1-6H3,(H2,28,29,34). The molecule has 2 N–H and O–H groups in total. The second-order valence-corrected chi connectivity index (χ2v) is 10.5. The molecule has 0 saturated carbocycles. The number of hydrogen-bond acceptors (Lipinski definition) is 3. The second kappa shape index (κ2) is 15.4. The number of nitrogens with one attached hydrogen (secondary N) is 2. The number of nitrogens with zero attached hydrogens (tertiary/aromatic N) is 2. The van der Waals surface area contributed by atoms with E-state index in [-0.39, 0.29) is 29.2 Å². The fourth-order valence-electron chi connectivity index (χ4n) is 4.11. The van der Waals surface area contributed by atoms with Crippen LogP contribution in [0.5, 0.6) is 0 Å². The molecule has 0 spiro atoms. The van der Waals surface area contributed by atoms with Crippen molar-refractivity contribution in [1.29, 1.82) is 0 Å². The highest BCUT2D eigenvalue weighted by Crippen LogP contribution is 2.29. The summed E-state index contributed by atoms with van der Waals surface area (Å²) in [5.74, 6) is 0.559. The summed E-state index contributed by atoms with van der Waals surface area (Å²) in [7, 11) is 5.28. The molecular weight excluding hydrogens is 428 g/mol. The average Bonchev–Trinajstić information content (AvgIpc) is 2.79. The van der Waals surface area contributed by atoms with Gasteiger partial charge in [-0.15, -0.1) is 0 Å². The van der Waals surface area contributed by atoms with Crippen molar-refractivity contribution in [2.75, 3.05) is 40.8 Å². The molecule has 1 aromatic carbocycles. The van der Waals surface area contributed by atoms with E-state index in [1.54, 1.807) is 16.8 Å². The monoisotopic (exact) mass is 474 g/mol. The largest absolute Gasteiger partial charge is 0.346 e. The third-order valence-electron chi connectivity index (χ3n) is 5.98. The molecule has 0 aliphatic carbocycles. The lowest BCUT2D eigenvalue weighted by Gasteiger charge is -2.28. The summed E-state index contributed by atoms with van der Waals surface area (Å²) in [6.07, 6.45) is 5.23. The molecule has 4 amide bonds. The summed E-state index contributed by atoms with van der Waals surface area (Å²) < 4.78 is 0. The van der Waals surface area contributed by atoms with Crippen molar-refractivity contribution in [3.8, 4) is 0 Å². The lowest BCUT2D eigenvalue weighted by Crippen LogP contribution is -2.34. The van der Waals surface area contributed by atoms with E-state index in [9.17, 15) is 14.4 Å². The molecule has 1 atom stereocenters. The van der Waals surface area contributed by atoms with Crippen LogP contribution in [0.2, 0.25) is 0 Å². The molecule has 0 heterocycles. The van der Waals surface area contributed by atoms with E-state index in [4.69, 9.17) is 0 Å². The van der Waals surface area contributed by atoms with Gasteiger partial charge in [-0.1, -0.05) is 51.1 Å². The lowest BCUT2D eigenvalue weighted by molar-refractivity contribution is -0.131. The molecule has 34 heavy (non-hydrogen) atoms. The molecular formula is C27H46N4O3. The fourth-order valence-corrected chi connectivity index (χ4v) is 4.11. The van der Waals surface area contributed by atoms with Crippen molar-refractivity contribution >= 4 is 17.8 Å². The van der Waals surface area contributed by atoms with E-state index in [0.29, 0.717) is 32.5 Å². The summed E-state index contributed by atoms with van der Waals surface area (Å²) in [4.78, 5) is 40.2. The summed E-state index contributed by atoms with van der Waals surface area (Å²) in [6, 6.07) is 9.87.